The van der Waals surface area contributed by atoms with E-state index in [1.54, 1.807) is 0 Å². The van der Waals surface area contributed by atoms with Gasteiger partial charge in [-0.2, -0.15) is 13.2 Å². The molecule has 5 nitrogen and oxygen atoms in total. The molecule has 0 spiro atoms. The number of benzene rings is 1. The van der Waals surface area contributed by atoms with Crippen LogP contribution in [0.4, 0.5) is 18.9 Å². The van der Waals surface area contributed by atoms with Crippen molar-refractivity contribution in [3.63, 3.8) is 0 Å². The molecule has 1 aromatic carbocycles. The van der Waals surface area contributed by atoms with E-state index in [1.807, 2.05) is 35.2 Å². The smallest absolute Gasteiger partial charge is 0.339 e. The van der Waals surface area contributed by atoms with E-state index < -0.39 is 12.7 Å². The number of piperazine rings is 1. The Kier molecular flexibility index (Phi) is 5.03. The summed E-state index contributed by atoms with van der Waals surface area (Å²) in [6.07, 6.45) is -4.16. The van der Waals surface area contributed by atoms with Gasteiger partial charge in [-0.3, -0.25) is 10.3 Å². The molecule has 1 saturated heterocycles. The van der Waals surface area contributed by atoms with Gasteiger partial charge in [-0.25, -0.2) is 10.8 Å². The summed E-state index contributed by atoms with van der Waals surface area (Å²) in [6, 6.07) is 9.25. The highest BCUT2D eigenvalue weighted by atomic mass is 19.4. The maximum Gasteiger partial charge on any atom is 0.401 e. The molecule has 0 bridgehead atoms. The van der Waals surface area contributed by atoms with Gasteiger partial charge in [-0.1, -0.05) is 18.2 Å². The molecular weight excluding hydrogens is 283 g/mol. The molecular formula is C13H18F3N5. The van der Waals surface area contributed by atoms with Crippen molar-refractivity contribution in [3.05, 3.63) is 30.3 Å². The number of alkyl halides is 3. The van der Waals surface area contributed by atoms with E-state index in [0.717, 1.165) is 5.69 Å². The lowest BCUT2D eigenvalue weighted by Gasteiger charge is -2.36. The van der Waals surface area contributed by atoms with E-state index in [-0.39, 0.29) is 0 Å². The van der Waals surface area contributed by atoms with Crippen LogP contribution in [0, 0.1) is 0 Å². The van der Waals surface area contributed by atoms with Crippen LogP contribution in [-0.4, -0.2) is 54.7 Å². The highest BCUT2D eigenvalue weighted by molar-refractivity contribution is 5.82. The van der Waals surface area contributed by atoms with Gasteiger partial charge in [-0.15, -0.1) is 0 Å². The molecule has 0 unspecified atom stereocenters. The first-order valence-electron chi connectivity index (χ1n) is 6.62. The SMILES string of the molecule is NNC(=Nc1ccccc1)N1CCN(CC(F)(F)F)CC1. The van der Waals surface area contributed by atoms with E-state index >= 15 is 0 Å². The Morgan fingerprint density at radius 2 is 1.76 bits per heavy atom. The molecule has 2 rings (SSSR count). The number of rotatable bonds is 2. The largest absolute Gasteiger partial charge is 0.401 e. The molecule has 1 aromatic rings. The maximum absolute atomic E-state index is 12.3. The second-order valence-electron chi connectivity index (χ2n) is 4.79. The quantitative estimate of drug-likeness (QED) is 0.374. The molecule has 1 heterocycles. The molecule has 8 heteroatoms. The van der Waals surface area contributed by atoms with Crippen LogP contribution in [0.5, 0.6) is 0 Å². The predicted molar refractivity (Wildman–Crippen MR) is 74.9 cm³/mol. The fraction of sp³-hybridized carbons (Fsp3) is 0.462. The van der Waals surface area contributed by atoms with Gasteiger partial charge in [0, 0.05) is 26.2 Å². The highest BCUT2D eigenvalue weighted by Crippen LogP contribution is 2.18. The molecule has 116 valence electrons. The first kappa shape index (κ1) is 15.6. The monoisotopic (exact) mass is 301 g/mol. The van der Waals surface area contributed by atoms with Gasteiger partial charge in [0.15, 0.2) is 0 Å². The molecule has 1 fully saturated rings. The van der Waals surface area contributed by atoms with Crippen LogP contribution in [0.3, 0.4) is 0 Å². The lowest BCUT2D eigenvalue weighted by Crippen LogP contribution is -2.55. The summed E-state index contributed by atoms with van der Waals surface area (Å²) in [5.41, 5.74) is 3.26. The van der Waals surface area contributed by atoms with Crippen molar-refractivity contribution in [2.24, 2.45) is 10.8 Å². The normalized spacial score (nSPS) is 17.9. The highest BCUT2D eigenvalue weighted by Gasteiger charge is 2.32. The molecule has 0 radical (unpaired) electrons. The van der Waals surface area contributed by atoms with Crippen LogP contribution in [0.25, 0.3) is 0 Å². The molecule has 3 N–H and O–H groups in total. The summed E-state index contributed by atoms with van der Waals surface area (Å²) in [7, 11) is 0. The molecule has 0 amide bonds. The Hall–Kier alpha value is -1.80. The number of aliphatic imine (C=N–C) groups is 1. The molecule has 1 aliphatic rings. The van der Waals surface area contributed by atoms with E-state index in [2.05, 4.69) is 10.4 Å². The van der Waals surface area contributed by atoms with Crippen LogP contribution < -0.4 is 11.3 Å². The number of halogens is 3. The van der Waals surface area contributed by atoms with Gasteiger partial charge < -0.3 is 4.90 Å². The Morgan fingerprint density at radius 3 is 2.29 bits per heavy atom. The van der Waals surface area contributed by atoms with Crippen molar-refractivity contribution in [1.82, 2.24) is 15.2 Å². The number of nitrogens with one attached hydrogen (secondary N) is 1. The zero-order valence-corrected chi connectivity index (χ0v) is 11.5. The fourth-order valence-electron chi connectivity index (χ4n) is 2.19. The Labute approximate surface area is 121 Å². The average Bonchev–Trinajstić information content (AvgIpc) is 2.45. The van der Waals surface area contributed by atoms with E-state index in [9.17, 15) is 13.2 Å². The second kappa shape index (κ2) is 6.77. The first-order chi connectivity index (χ1) is 9.98. The summed E-state index contributed by atoms with van der Waals surface area (Å²) in [5, 5.41) is 0. The van der Waals surface area contributed by atoms with Crippen molar-refractivity contribution >= 4 is 11.6 Å². The summed E-state index contributed by atoms with van der Waals surface area (Å²) < 4.78 is 37.0. The van der Waals surface area contributed by atoms with E-state index in [0.29, 0.717) is 32.1 Å². The Balaban J connectivity index is 1.95. The van der Waals surface area contributed by atoms with Crippen molar-refractivity contribution < 1.29 is 13.2 Å². The molecule has 21 heavy (non-hydrogen) atoms. The number of para-hydroxylation sites is 1. The van der Waals surface area contributed by atoms with Crippen LogP contribution in [0.1, 0.15) is 0 Å². The summed E-state index contributed by atoms with van der Waals surface area (Å²) >= 11 is 0. The number of nitrogens with zero attached hydrogens (tertiary/aromatic N) is 3. The zero-order valence-electron chi connectivity index (χ0n) is 11.5. The standard InChI is InChI=1S/C13H18F3N5/c14-13(15,16)10-20-6-8-21(9-7-20)12(19-17)18-11-4-2-1-3-5-11/h1-5H,6-10,17H2,(H,18,19). The third kappa shape index (κ3) is 4.91. The van der Waals surface area contributed by atoms with Crippen molar-refractivity contribution in [2.75, 3.05) is 32.7 Å². The minimum absolute atomic E-state index is 0.328. The van der Waals surface area contributed by atoms with Crippen LogP contribution in [0.2, 0.25) is 0 Å². The number of hydrogen-bond acceptors (Lipinski definition) is 3. The third-order valence-electron chi connectivity index (χ3n) is 3.20. The van der Waals surface area contributed by atoms with Crippen LogP contribution >= 0.6 is 0 Å². The van der Waals surface area contributed by atoms with Gasteiger partial charge in [0.25, 0.3) is 0 Å². The zero-order chi connectivity index (χ0) is 15.3. The molecule has 1 aliphatic heterocycles. The molecule has 0 saturated carbocycles. The number of guanidine groups is 1. The van der Waals surface area contributed by atoms with Crippen LogP contribution in [0.15, 0.2) is 35.3 Å². The maximum atomic E-state index is 12.3. The van der Waals surface area contributed by atoms with Gasteiger partial charge in [0.2, 0.25) is 5.96 Å². The number of hydrogen-bond donors (Lipinski definition) is 2. The van der Waals surface area contributed by atoms with Crippen LogP contribution in [-0.2, 0) is 0 Å². The molecule has 0 aliphatic carbocycles. The summed E-state index contributed by atoms with van der Waals surface area (Å²) in [4.78, 5) is 7.60. The fourth-order valence-corrected chi connectivity index (χ4v) is 2.19. The predicted octanol–water partition coefficient (Wildman–Crippen LogP) is 1.32. The Bertz CT molecular complexity index is 466. The minimum Gasteiger partial charge on any atom is -0.339 e. The Morgan fingerprint density at radius 1 is 1.14 bits per heavy atom. The minimum atomic E-state index is -4.16. The first-order valence-corrected chi connectivity index (χ1v) is 6.62. The van der Waals surface area contributed by atoms with E-state index in [4.69, 9.17) is 5.84 Å². The van der Waals surface area contributed by atoms with Crippen molar-refractivity contribution in [3.8, 4) is 0 Å². The lowest BCUT2D eigenvalue weighted by molar-refractivity contribution is -0.148. The number of nitrogens with two attached hydrogens (primary N) is 1. The van der Waals surface area contributed by atoms with Crippen molar-refractivity contribution in [1.29, 1.82) is 0 Å². The van der Waals surface area contributed by atoms with Gasteiger partial charge in [0.05, 0.1) is 12.2 Å². The van der Waals surface area contributed by atoms with Gasteiger partial charge in [0.1, 0.15) is 0 Å². The van der Waals surface area contributed by atoms with Crippen molar-refractivity contribution in [2.45, 2.75) is 6.18 Å². The summed E-state index contributed by atoms with van der Waals surface area (Å²) in [5.74, 6) is 5.94. The lowest BCUT2D eigenvalue weighted by atomic mass is 10.3. The molecule has 0 atom stereocenters. The topological polar surface area (TPSA) is 56.9 Å². The third-order valence-corrected chi connectivity index (χ3v) is 3.20. The summed E-state index contributed by atoms with van der Waals surface area (Å²) in [6.45, 7) is 0.684. The average molecular weight is 301 g/mol. The van der Waals surface area contributed by atoms with Gasteiger partial charge >= 0.3 is 6.18 Å². The molecule has 0 aromatic heterocycles. The van der Waals surface area contributed by atoms with Gasteiger partial charge in [-0.05, 0) is 12.1 Å². The number of hydrazine groups is 1. The second-order valence-corrected chi connectivity index (χ2v) is 4.79. The van der Waals surface area contributed by atoms with E-state index in [1.165, 1.54) is 4.90 Å².